The summed E-state index contributed by atoms with van der Waals surface area (Å²) in [4.78, 5) is 5.05. The highest BCUT2D eigenvalue weighted by Gasteiger charge is 2.26. The largest absolute Gasteiger partial charge is 0.305 e. The molecule has 0 aromatic heterocycles. The normalized spacial score (nSPS) is 41.7. The Hall–Kier alpha value is -0.0800. The molecule has 0 aromatic carbocycles. The number of likely N-dealkylation sites (N-methyl/N-ethyl adjacent to an activating group) is 1. The van der Waals surface area contributed by atoms with E-state index in [1.54, 1.807) is 0 Å². The van der Waals surface area contributed by atoms with Crippen LogP contribution in [0.15, 0.2) is 0 Å². The molecule has 0 radical (unpaired) electrons. The van der Waals surface area contributed by atoms with Gasteiger partial charge in [0.1, 0.15) is 0 Å². The predicted molar refractivity (Wildman–Crippen MR) is 42.0 cm³/mol. The van der Waals surface area contributed by atoms with E-state index in [0.717, 1.165) is 5.92 Å². The van der Waals surface area contributed by atoms with Gasteiger partial charge in [-0.25, -0.2) is 0 Å². The molecule has 2 unspecified atom stereocenters. The van der Waals surface area contributed by atoms with Crippen molar-refractivity contribution >= 4 is 0 Å². The van der Waals surface area contributed by atoms with Crippen LogP contribution in [0.2, 0.25) is 0 Å². The SMILES string of the molecule is CN1CCN2CCC(C1)C2. The van der Waals surface area contributed by atoms with E-state index in [-0.39, 0.29) is 0 Å². The highest BCUT2D eigenvalue weighted by molar-refractivity contribution is 4.81. The van der Waals surface area contributed by atoms with Crippen LogP contribution in [0.25, 0.3) is 0 Å². The molecule has 2 saturated heterocycles. The lowest BCUT2D eigenvalue weighted by Crippen LogP contribution is -2.29. The molecule has 2 heterocycles. The molecule has 0 saturated carbocycles. The van der Waals surface area contributed by atoms with E-state index in [4.69, 9.17) is 0 Å². The summed E-state index contributed by atoms with van der Waals surface area (Å²) >= 11 is 0. The van der Waals surface area contributed by atoms with Gasteiger partial charge in [-0.15, -0.1) is 0 Å². The molecule has 2 heteroatoms. The highest BCUT2D eigenvalue weighted by Crippen LogP contribution is 2.19. The number of rotatable bonds is 0. The fourth-order valence-corrected chi connectivity index (χ4v) is 2.11. The first kappa shape index (κ1) is 6.62. The first-order chi connectivity index (χ1) is 4.84. The summed E-state index contributed by atoms with van der Waals surface area (Å²) in [7, 11) is 2.24. The molecular formula is C8H16N2. The third kappa shape index (κ3) is 1.18. The summed E-state index contributed by atoms with van der Waals surface area (Å²) in [6.45, 7) is 6.63. The molecule has 2 rings (SSSR count). The zero-order chi connectivity index (χ0) is 6.97. The van der Waals surface area contributed by atoms with Gasteiger partial charge < -0.3 is 9.80 Å². The van der Waals surface area contributed by atoms with Gasteiger partial charge in [0, 0.05) is 26.2 Å². The zero-order valence-electron chi connectivity index (χ0n) is 6.71. The van der Waals surface area contributed by atoms with Gasteiger partial charge in [-0.05, 0) is 25.9 Å². The lowest BCUT2D eigenvalue weighted by atomic mass is 10.1. The number of hydrogen-bond acceptors (Lipinski definition) is 2. The molecule has 2 aliphatic heterocycles. The second-order valence-corrected chi connectivity index (χ2v) is 3.72. The van der Waals surface area contributed by atoms with Gasteiger partial charge in [0.15, 0.2) is 0 Å². The summed E-state index contributed by atoms with van der Waals surface area (Å²) < 4.78 is 0. The molecule has 0 amide bonds. The van der Waals surface area contributed by atoms with Gasteiger partial charge in [0.05, 0.1) is 0 Å². The lowest BCUT2D eigenvalue weighted by molar-refractivity contribution is 0.276. The van der Waals surface area contributed by atoms with Crippen molar-refractivity contribution in [3.05, 3.63) is 0 Å². The van der Waals surface area contributed by atoms with Gasteiger partial charge in [0.2, 0.25) is 0 Å². The second-order valence-electron chi connectivity index (χ2n) is 3.72. The summed E-state index contributed by atoms with van der Waals surface area (Å²) in [5.74, 6) is 0.979. The van der Waals surface area contributed by atoms with Crippen LogP contribution in [0, 0.1) is 5.92 Å². The molecule has 58 valence electrons. The first-order valence-electron chi connectivity index (χ1n) is 4.25. The Morgan fingerprint density at radius 1 is 1.10 bits per heavy atom. The summed E-state index contributed by atoms with van der Waals surface area (Å²) in [6, 6.07) is 0. The van der Waals surface area contributed by atoms with Crippen molar-refractivity contribution in [2.45, 2.75) is 6.42 Å². The maximum Gasteiger partial charge on any atom is 0.0109 e. The molecule has 2 aliphatic rings. The van der Waals surface area contributed by atoms with Gasteiger partial charge in [-0.3, -0.25) is 0 Å². The van der Waals surface area contributed by atoms with Crippen molar-refractivity contribution in [1.29, 1.82) is 0 Å². The molecule has 10 heavy (non-hydrogen) atoms. The van der Waals surface area contributed by atoms with Gasteiger partial charge in [-0.1, -0.05) is 0 Å². The predicted octanol–water partition coefficient (Wildman–Crippen LogP) is 0.254. The summed E-state index contributed by atoms with van der Waals surface area (Å²) in [6.07, 6.45) is 1.43. The average molecular weight is 140 g/mol. The zero-order valence-corrected chi connectivity index (χ0v) is 6.71. The molecule has 0 aliphatic carbocycles. The monoisotopic (exact) mass is 140 g/mol. The molecule has 2 nitrogen and oxygen atoms in total. The van der Waals surface area contributed by atoms with Crippen LogP contribution in [-0.2, 0) is 0 Å². The van der Waals surface area contributed by atoms with Crippen molar-refractivity contribution < 1.29 is 0 Å². The maximum absolute atomic E-state index is 2.59. The van der Waals surface area contributed by atoms with Crippen LogP contribution >= 0.6 is 0 Å². The van der Waals surface area contributed by atoms with Crippen LogP contribution in [0.4, 0.5) is 0 Å². The van der Waals surface area contributed by atoms with Gasteiger partial charge in [0.25, 0.3) is 0 Å². The topological polar surface area (TPSA) is 6.48 Å². The van der Waals surface area contributed by atoms with Crippen molar-refractivity contribution in [2.24, 2.45) is 5.92 Å². The smallest absolute Gasteiger partial charge is 0.0109 e. The molecule has 2 atom stereocenters. The number of nitrogens with zero attached hydrogens (tertiary/aromatic N) is 2. The Morgan fingerprint density at radius 2 is 2.00 bits per heavy atom. The van der Waals surface area contributed by atoms with E-state index in [2.05, 4.69) is 16.8 Å². The van der Waals surface area contributed by atoms with Gasteiger partial charge >= 0.3 is 0 Å². The summed E-state index contributed by atoms with van der Waals surface area (Å²) in [5, 5.41) is 0. The summed E-state index contributed by atoms with van der Waals surface area (Å²) in [5.41, 5.74) is 0. The maximum atomic E-state index is 2.59. The Morgan fingerprint density at radius 3 is 2.90 bits per heavy atom. The van der Waals surface area contributed by atoms with Crippen molar-refractivity contribution in [3.63, 3.8) is 0 Å². The molecule has 0 spiro atoms. The van der Waals surface area contributed by atoms with Crippen molar-refractivity contribution in [1.82, 2.24) is 9.80 Å². The molecule has 2 bridgehead atoms. The minimum absolute atomic E-state index is 0.979. The fraction of sp³-hybridized carbons (Fsp3) is 1.00. The van der Waals surface area contributed by atoms with E-state index >= 15 is 0 Å². The standard InChI is InChI=1S/C8H16N2/c1-9-4-5-10-3-2-8(6-9)7-10/h8H,2-7H2,1H3. The van der Waals surface area contributed by atoms with Crippen LogP contribution in [0.1, 0.15) is 6.42 Å². The first-order valence-corrected chi connectivity index (χ1v) is 4.25. The molecule has 0 N–H and O–H groups in total. The number of fused-ring (bicyclic) bond motifs is 2. The lowest BCUT2D eigenvalue weighted by Gasteiger charge is -2.19. The minimum Gasteiger partial charge on any atom is -0.305 e. The van der Waals surface area contributed by atoms with Crippen molar-refractivity contribution in [2.75, 3.05) is 39.8 Å². The van der Waals surface area contributed by atoms with Crippen LogP contribution < -0.4 is 0 Å². The van der Waals surface area contributed by atoms with Crippen molar-refractivity contribution in [3.8, 4) is 0 Å². The quantitative estimate of drug-likeness (QED) is 0.476. The Balaban J connectivity index is 1.99. The fourth-order valence-electron chi connectivity index (χ4n) is 2.11. The van der Waals surface area contributed by atoms with E-state index in [0.29, 0.717) is 0 Å². The van der Waals surface area contributed by atoms with E-state index in [1.807, 2.05) is 0 Å². The second kappa shape index (κ2) is 2.51. The highest BCUT2D eigenvalue weighted by atomic mass is 15.2. The molecule has 2 fully saturated rings. The van der Waals surface area contributed by atoms with Crippen LogP contribution in [0.3, 0.4) is 0 Å². The van der Waals surface area contributed by atoms with E-state index in [1.165, 1.54) is 39.1 Å². The van der Waals surface area contributed by atoms with Crippen LogP contribution in [-0.4, -0.2) is 49.6 Å². The van der Waals surface area contributed by atoms with Gasteiger partial charge in [-0.2, -0.15) is 0 Å². The number of hydrogen-bond donors (Lipinski definition) is 0. The van der Waals surface area contributed by atoms with E-state index in [9.17, 15) is 0 Å². The average Bonchev–Trinajstić information content (AvgIpc) is 2.22. The molecule has 0 aromatic rings. The Labute approximate surface area is 62.8 Å². The van der Waals surface area contributed by atoms with Crippen LogP contribution in [0.5, 0.6) is 0 Å². The Bertz CT molecular complexity index is 124. The third-order valence-electron chi connectivity index (χ3n) is 2.74. The minimum atomic E-state index is 0.979. The Kier molecular flexibility index (Phi) is 1.66. The van der Waals surface area contributed by atoms with E-state index < -0.39 is 0 Å². The third-order valence-corrected chi connectivity index (χ3v) is 2.74. The molecular weight excluding hydrogens is 124 g/mol.